The molecule has 0 aliphatic heterocycles. The third kappa shape index (κ3) is 13.9. The molecule has 0 atom stereocenters. The van der Waals surface area contributed by atoms with Crippen molar-refractivity contribution < 1.29 is 68.0 Å². The molecule has 15 heteroatoms. The van der Waals surface area contributed by atoms with Crippen molar-refractivity contribution in [2.75, 3.05) is 0 Å². The van der Waals surface area contributed by atoms with Crippen LogP contribution in [0.5, 0.6) is 34.5 Å². The Morgan fingerprint density at radius 2 is 0.485 bits per heavy atom. The fourth-order valence-corrected chi connectivity index (χ4v) is 6.91. The van der Waals surface area contributed by atoms with Gasteiger partial charge in [0.2, 0.25) is 0 Å². The Hall–Kier alpha value is -8.30. The second kappa shape index (κ2) is 22.7. The number of carboxylic acids is 4. The molecule has 68 heavy (non-hydrogen) atoms. The molecule has 0 aromatic heterocycles. The largest absolute Gasteiger partial charge is 0.545 e. The van der Waals surface area contributed by atoms with E-state index in [9.17, 15) is 39.6 Å². The Morgan fingerprint density at radius 3 is 0.676 bits per heavy atom. The zero-order chi connectivity index (χ0) is 48.0. The van der Waals surface area contributed by atoms with Crippen LogP contribution in [0.4, 0.5) is 0 Å². The highest BCUT2D eigenvalue weighted by Gasteiger charge is 2.11. The van der Waals surface area contributed by atoms with Gasteiger partial charge in [0.15, 0.2) is 0 Å². The SMILES string of the molecule is O=C([O-])c1ccc(COc2cc(COc3cc(CBr)cc(OCc4cc(OCc5ccc(C(=O)[O-])cc5)cc(OCc5ccc(C(=O)[O-])cc5)c4)c3)cc(OCc3ccc(C(=O)[O-])cc3)c2)cc1. The zero-order valence-electron chi connectivity index (χ0n) is 36.0. The Balaban J connectivity index is 1.06. The van der Waals surface area contributed by atoms with Crippen molar-refractivity contribution in [2.24, 2.45) is 0 Å². The highest BCUT2D eigenvalue weighted by atomic mass is 79.9. The molecular formula is C53H39BrO14-4. The summed E-state index contributed by atoms with van der Waals surface area (Å²) in [6.07, 6.45) is 0. The van der Waals surface area contributed by atoms with Crippen molar-refractivity contribution >= 4 is 39.8 Å². The van der Waals surface area contributed by atoms with Gasteiger partial charge in [0, 0.05) is 23.5 Å². The lowest BCUT2D eigenvalue weighted by Gasteiger charge is -2.16. The summed E-state index contributed by atoms with van der Waals surface area (Å²) >= 11 is 3.54. The lowest BCUT2D eigenvalue weighted by molar-refractivity contribution is -0.256. The fourth-order valence-electron chi connectivity index (χ4n) is 6.58. The molecule has 0 aliphatic carbocycles. The molecule has 0 heterocycles. The average molecular weight is 980 g/mol. The average Bonchev–Trinajstić information content (AvgIpc) is 3.35. The number of rotatable bonds is 23. The number of aromatic carboxylic acids is 4. The summed E-state index contributed by atoms with van der Waals surface area (Å²) in [6.45, 7) is 0.675. The quantitative estimate of drug-likeness (QED) is 0.0723. The van der Waals surface area contributed by atoms with Gasteiger partial charge in [0.25, 0.3) is 0 Å². The van der Waals surface area contributed by atoms with Gasteiger partial charge in [-0.1, -0.05) is 113 Å². The van der Waals surface area contributed by atoms with Crippen molar-refractivity contribution in [3.8, 4) is 34.5 Å². The lowest BCUT2D eigenvalue weighted by Crippen LogP contribution is -2.22. The van der Waals surface area contributed by atoms with E-state index >= 15 is 0 Å². The van der Waals surface area contributed by atoms with Crippen molar-refractivity contribution in [3.05, 3.63) is 213 Å². The van der Waals surface area contributed by atoms with Gasteiger partial charge in [-0.25, -0.2) is 0 Å². The van der Waals surface area contributed by atoms with Gasteiger partial charge in [0.1, 0.15) is 74.1 Å². The number of hydrogen-bond acceptors (Lipinski definition) is 14. The molecule has 0 amide bonds. The van der Waals surface area contributed by atoms with E-state index in [1.54, 1.807) is 91.0 Å². The highest BCUT2D eigenvalue weighted by molar-refractivity contribution is 9.08. The normalized spacial score (nSPS) is 10.7. The van der Waals surface area contributed by atoms with Crippen LogP contribution in [-0.4, -0.2) is 23.9 Å². The number of halogens is 1. The van der Waals surface area contributed by atoms with Crippen molar-refractivity contribution in [2.45, 2.75) is 45.0 Å². The number of carbonyl (C=O) groups excluding carboxylic acids is 4. The van der Waals surface area contributed by atoms with Gasteiger partial charge in [-0.15, -0.1) is 0 Å². The minimum absolute atomic E-state index is 0.0462. The van der Waals surface area contributed by atoms with Crippen LogP contribution >= 0.6 is 15.9 Å². The third-order valence-electron chi connectivity index (χ3n) is 10.2. The maximum Gasteiger partial charge on any atom is 0.123 e. The molecule has 7 rings (SSSR count). The first-order valence-electron chi connectivity index (χ1n) is 20.8. The second-order valence-electron chi connectivity index (χ2n) is 15.2. The molecule has 0 saturated carbocycles. The molecule has 14 nitrogen and oxygen atoms in total. The molecule has 0 spiro atoms. The van der Waals surface area contributed by atoms with Crippen LogP contribution in [0.2, 0.25) is 0 Å². The van der Waals surface area contributed by atoms with Crippen LogP contribution in [0.1, 0.15) is 80.4 Å². The zero-order valence-corrected chi connectivity index (χ0v) is 37.6. The predicted molar refractivity (Wildman–Crippen MR) is 241 cm³/mol. The Morgan fingerprint density at radius 1 is 0.294 bits per heavy atom. The van der Waals surface area contributed by atoms with E-state index in [-0.39, 0.29) is 61.9 Å². The lowest BCUT2D eigenvalue weighted by atomic mass is 10.1. The Labute approximate surface area is 398 Å². The molecular weight excluding hydrogens is 940 g/mol. The summed E-state index contributed by atoms with van der Waals surface area (Å²) in [5.74, 6) is -2.31. The van der Waals surface area contributed by atoms with Gasteiger partial charge in [-0.3, -0.25) is 0 Å². The number of alkyl halides is 1. The van der Waals surface area contributed by atoms with Crippen LogP contribution < -0.4 is 48.8 Å². The highest BCUT2D eigenvalue weighted by Crippen LogP contribution is 2.31. The minimum Gasteiger partial charge on any atom is -0.545 e. The van der Waals surface area contributed by atoms with E-state index in [1.165, 1.54) is 48.5 Å². The first-order valence-corrected chi connectivity index (χ1v) is 21.9. The summed E-state index contributed by atoms with van der Waals surface area (Å²) in [7, 11) is 0. The van der Waals surface area contributed by atoms with E-state index in [4.69, 9.17) is 28.4 Å². The fraction of sp³-hybridized carbons (Fsp3) is 0.132. The first kappa shape index (κ1) is 47.7. The molecule has 7 aromatic carbocycles. The molecule has 7 aromatic rings. The van der Waals surface area contributed by atoms with Crippen LogP contribution in [0, 0.1) is 0 Å². The maximum absolute atomic E-state index is 11.2. The van der Waals surface area contributed by atoms with E-state index in [0.717, 1.165) is 27.8 Å². The Kier molecular flexibility index (Phi) is 15.9. The topological polar surface area (TPSA) is 216 Å². The maximum atomic E-state index is 11.2. The number of carbonyl (C=O) groups is 4. The number of benzene rings is 7. The van der Waals surface area contributed by atoms with Crippen molar-refractivity contribution in [1.82, 2.24) is 0 Å². The Bertz CT molecular complexity index is 2530. The van der Waals surface area contributed by atoms with Gasteiger partial charge in [-0.2, -0.15) is 0 Å². The minimum atomic E-state index is -1.28. The van der Waals surface area contributed by atoms with Crippen LogP contribution in [0.15, 0.2) is 152 Å². The standard InChI is InChI=1S/C53H43BrO14/c54-26-37-17-44(67-31-38-19-46(63-27-33-1-9-40(10-2-33)50(55)56)24-47(20-38)64-28-34-3-11-41(12-4-34)51(57)58)23-45(18-37)68-32-39-21-48(65-29-35-5-13-42(14-6-35)52(59)60)25-49(22-39)66-30-36-7-15-43(16-8-36)53(61)62/h1-25H,26-32H2,(H,55,56)(H,57,58)(H,59,60)(H,61,62)/p-4. The molecule has 0 aliphatic rings. The molecule has 0 bridgehead atoms. The van der Waals surface area contributed by atoms with Gasteiger partial charge in [-0.05, 0) is 97.6 Å². The van der Waals surface area contributed by atoms with E-state index in [2.05, 4.69) is 15.9 Å². The summed E-state index contributed by atoms with van der Waals surface area (Å²) in [4.78, 5) is 44.9. The molecule has 0 saturated heterocycles. The molecule has 0 fully saturated rings. The number of carboxylic acid groups (broad SMARTS) is 4. The van der Waals surface area contributed by atoms with Crippen molar-refractivity contribution in [3.63, 3.8) is 0 Å². The van der Waals surface area contributed by atoms with Gasteiger partial charge >= 0.3 is 0 Å². The molecule has 0 radical (unpaired) electrons. The number of hydrogen-bond donors (Lipinski definition) is 0. The monoisotopic (exact) mass is 978 g/mol. The van der Waals surface area contributed by atoms with E-state index in [1.807, 2.05) is 12.1 Å². The molecule has 0 unspecified atom stereocenters. The molecule has 346 valence electrons. The van der Waals surface area contributed by atoms with Gasteiger partial charge < -0.3 is 68.0 Å². The van der Waals surface area contributed by atoms with Crippen LogP contribution in [-0.2, 0) is 45.0 Å². The number of ether oxygens (including phenoxy) is 6. The summed E-state index contributed by atoms with van der Waals surface area (Å²) in [5.41, 5.74) is 5.32. The van der Waals surface area contributed by atoms with Crippen molar-refractivity contribution in [1.29, 1.82) is 0 Å². The smallest absolute Gasteiger partial charge is 0.123 e. The third-order valence-corrected chi connectivity index (χ3v) is 10.8. The summed E-state index contributed by atoms with van der Waals surface area (Å²) < 4.78 is 37.1. The van der Waals surface area contributed by atoms with Crippen LogP contribution in [0.3, 0.4) is 0 Å². The summed E-state index contributed by atoms with van der Waals surface area (Å²) in [6, 6.07) is 40.7. The molecule has 0 N–H and O–H groups in total. The first-order chi connectivity index (χ1) is 32.8. The summed E-state index contributed by atoms with van der Waals surface area (Å²) in [5, 5.41) is 45.4. The van der Waals surface area contributed by atoms with Gasteiger partial charge in [0.05, 0.1) is 23.9 Å². The second-order valence-corrected chi connectivity index (χ2v) is 15.8. The predicted octanol–water partition coefficient (Wildman–Crippen LogP) is 5.51. The van der Waals surface area contributed by atoms with E-state index in [0.29, 0.717) is 51.0 Å². The van der Waals surface area contributed by atoms with E-state index < -0.39 is 23.9 Å². The van der Waals surface area contributed by atoms with Crippen LogP contribution in [0.25, 0.3) is 0 Å².